The number of benzene rings is 1. The number of nitrogens with one attached hydrogen (secondary N) is 1. The molecular weight excluding hydrogens is 252 g/mol. The predicted molar refractivity (Wildman–Crippen MR) is 71.3 cm³/mol. The first-order chi connectivity index (χ1) is 8.72. The maximum atomic E-state index is 11.4. The van der Waals surface area contributed by atoms with Gasteiger partial charge in [0.05, 0.1) is 16.8 Å². The fraction of sp³-hybridized carbons (Fsp3) is 0.333. The summed E-state index contributed by atoms with van der Waals surface area (Å²) in [5, 5.41) is 3.26. The summed E-state index contributed by atoms with van der Waals surface area (Å²) in [5.74, 6) is 0.602. The molecule has 1 aromatic carbocycles. The number of amides is 1. The van der Waals surface area contributed by atoms with Crippen LogP contribution in [-0.4, -0.2) is 31.2 Å². The number of rotatable bonds is 5. The molecule has 18 heavy (non-hydrogen) atoms. The highest BCUT2D eigenvalue weighted by Crippen LogP contribution is 2.29. The number of carbonyl (C=O) groups is 1. The lowest BCUT2D eigenvalue weighted by Crippen LogP contribution is -2.16. The van der Waals surface area contributed by atoms with Crippen LogP contribution >= 0.6 is 11.3 Å². The van der Waals surface area contributed by atoms with E-state index in [0.717, 1.165) is 16.0 Å². The summed E-state index contributed by atoms with van der Waals surface area (Å²) < 4.78 is 11.1. The molecule has 0 saturated carbocycles. The molecule has 0 saturated heterocycles. The van der Waals surface area contributed by atoms with E-state index in [1.54, 1.807) is 0 Å². The molecule has 2 rings (SSSR count). The summed E-state index contributed by atoms with van der Waals surface area (Å²) in [6, 6.07) is 5.66. The van der Waals surface area contributed by atoms with Crippen molar-refractivity contribution in [1.29, 1.82) is 0 Å². The fourth-order valence-corrected chi connectivity index (χ4v) is 2.41. The second-order valence-electron chi connectivity index (χ2n) is 3.56. The molecule has 0 aliphatic rings. The molecule has 1 amide bonds. The lowest BCUT2D eigenvalue weighted by atomic mass is 10.3. The number of anilines is 1. The van der Waals surface area contributed by atoms with Crippen molar-refractivity contribution in [3.8, 4) is 5.75 Å². The van der Waals surface area contributed by atoms with E-state index in [9.17, 15) is 4.79 Å². The molecule has 0 radical (unpaired) electrons. The fourth-order valence-electron chi connectivity index (χ4n) is 1.50. The molecule has 0 aliphatic carbocycles. The van der Waals surface area contributed by atoms with Gasteiger partial charge in [0.2, 0.25) is 0 Å². The summed E-state index contributed by atoms with van der Waals surface area (Å²) in [4.78, 5) is 15.7. The Morgan fingerprint density at radius 3 is 3.06 bits per heavy atom. The molecule has 0 unspecified atom stereocenters. The van der Waals surface area contributed by atoms with E-state index in [0.29, 0.717) is 11.7 Å². The van der Waals surface area contributed by atoms with E-state index in [1.165, 1.54) is 18.4 Å². The SMILES string of the molecule is CCOc1ccc2nc(NC(=O)COC)sc2c1. The van der Waals surface area contributed by atoms with Gasteiger partial charge >= 0.3 is 0 Å². The lowest BCUT2D eigenvalue weighted by molar-refractivity contribution is -0.119. The van der Waals surface area contributed by atoms with E-state index in [2.05, 4.69) is 10.3 Å². The molecule has 0 bridgehead atoms. The van der Waals surface area contributed by atoms with Crippen LogP contribution in [0.2, 0.25) is 0 Å². The van der Waals surface area contributed by atoms with Crippen molar-refractivity contribution in [2.24, 2.45) is 0 Å². The van der Waals surface area contributed by atoms with Gasteiger partial charge in [-0.15, -0.1) is 0 Å². The van der Waals surface area contributed by atoms with Crippen molar-refractivity contribution in [2.75, 3.05) is 25.6 Å². The lowest BCUT2D eigenvalue weighted by Gasteiger charge is -2.00. The summed E-state index contributed by atoms with van der Waals surface area (Å²) >= 11 is 1.41. The van der Waals surface area contributed by atoms with Gasteiger partial charge in [0, 0.05) is 7.11 Å². The Balaban J connectivity index is 2.19. The Morgan fingerprint density at radius 1 is 1.50 bits per heavy atom. The first-order valence-electron chi connectivity index (χ1n) is 5.55. The van der Waals surface area contributed by atoms with Gasteiger partial charge in [-0.25, -0.2) is 4.98 Å². The standard InChI is InChI=1S/C12H14N2O3S/c1-3-17-8-4-5-9-10(6-8)18-12(13-9)14-11(15)7-16-2/h4-6H,3,7H2,1-2H3,(H,13,14,15). The largest absolute Gasteiger partial charge is 0.494 e. The third kappa shape index (κ3) is 2.96. The molecular formula is C12H14N2O3S. The normalized spacial score (nSPS) is 10.6. The van der Waals surface area contributed by atoms with Crippen LogP contribution in [-0.2, 0) is 9.53 Å². The van der Waals surface area contributed by atoms with Crippen LogP contribution in [0.5, 0.6) is 5.75 Å². The van der Waals surface area contributed by atoms with Crippen molar-refractivity contribution >= 4 is 32.6 Å². The molecule has 5 nitrogen and oxygen atoms in total. The zero-order valence-electron chi connectivity index (χ0n) is 10.2. The Hall–Kier alpha value is -1.66. The van der Waals surface area contributed by atoms with Gasteiger partial charge in [-0.05, 0) is 25.1 Å². The maximum absolute atomic E-state index is 11.4. The number of ether oxygens (including phenoxy) is 2. The van der Waals surface area contributed by atoms with Crippen LogP contribution in [0.1, 0.15) is 6.92 Å². The highest BCUT2D eigenvalue weighted by atomic mass is 32.1. The van der Waals surface area contributed by atoms with Crippen LogP contribution in [0.4, 0.5) is 5.13 Å². The number of thiazole rings is 1. The van der Waals surface area contributed by atoms with E-state index in [-0.39, 0.29) is 12.5 Å². The van der Waals surface area contributed by atoms with Crippen molar-refractivity contribution < 1.29 is 14.3 Å². The Morgan fingerprint density at radius 2 is 2.33 bits per heavy atom. The molecule has 0 spiro atoms. The van der Waals surface area contributed by atoms with E-state index < -0.39 is 0 Å². The van der Waals surface area contributed by atoms with Crippen LogP contribution in [0.15, 0.2) is 18.2 Å². The number of nitrogens with zero attached hydrogens (tertiary/aromatic N) is 1. The first-order valence-corrected chi connectivity index (χ1v) is 6.36. The monoisotopic (exact) mass is 266 g/mol. The van der Waals surface area contributed by atoms with Crippen LogP contribution in [0.3, 0.4) is 0 Å². The van der Waals surface area contributed by atoms with Gasteiger partial charge in [-0.1, -0.05) is 11.3 Å². The molecule has 2 aromatic rings. The Bertz CT molecular complexity index is 553. The third-order valence-electron chi connectivity index (χ3n) is 2.19. The minimum absolute atomic E-state index is 0.0279. The van der Waals surface area contributed by atoms with Crippen LogP contribution in [0, 0.1) is 0 Å². The third-order valence-corrected chi connectivity index (χ3v) is 3.13. The average molecular weight is 266 g/mol. The smallest absolute Gasteiger partial charge is 0.252 e. The van der Waals surface area contributed by atoms with Crippen LogP contribution in [0.25, 0.3) is 10.2 Å². The van der Waals surface area contributed by atoms with Gasteiger partial charge < -0.3 is 9.47 Å². The molecule has 1 heterocycles. The molecule has 0 fully saturated rings. The van der Waals surface area contributed by atoms with Gasteiger partial charge in [0.1, 0.15) is 12.4 Å². The van der Waals surface area contributed by atoms with E-state index in [1.807, 2.05) is 25.1 Å². The molecule has 96 valence electrons. The number of methoxy groups -OCH3 is 1. The molecule has 1 N–H and O–H groups in total. The molecule has 6 heteroatoms. The maximum Gasteiger partial charge on any atom is 0.252 e. The van der Waals surface area contributed by atoms with E-state index in [4.69, 9.17) is 9.47 Å². The highest BCUT2D eigenvalue weighted by molar-refractivity contribution is 7.22. The Kier molecular flexibility index (Phi) is 4.11. The summed E-state index contributed by atoms with van der Waals surface area (Å²) in [5.41, 5.74) is 0.844. The van der Waals surface area contributed by atoms with Crippen molar-refractivity contribution in [2.45, 2.75) is 6.92 Å². The van der Waals surface area contributed by atoms with Crippen molar-refractivity contribution in [3.05, 3.63) is 18.2 Å². The average Bonchev–Trinajstić information content (AvgIpc) is 2.71. The molecule has 1 aromatic heterocycles. The summed E-state index contributed by atoms with van der Waals surface area (Å²) in [6.07, 6.45) is 0. The Labute approximate surface area is 109 Å². The van der Waals surface area contributed by atoms with Gasteiger partial charge in [-0.3, -0.25) is 10.1 Å². The topological polar surface area (TPSA) is 60.5 Å². The van der Waals surface area contributed by atoms with Gasteiger partial charge in [-0.2, -0.15) is 0 Å². The van der Waals surface area contributed by atoms with Crippen molar-refractivity contribution in [3.63, 3.8) is 0 Å². The summed E-state index contributed by atoms with van der Waals surface area (Å²) in [6.45, 7) is 2.59. The number of aromatic nitrogens is 1. The minimum atomic E-state index is -0.207. The quantitative estimate of drug-likeness (QED) is 0.902. The zero-order valence-corrected chi connectivity index (χ0v) is 11.0. The van der Waals surface area contributed by atoms with Gasteiger partial charge in [0.15, 0.2) is 5.13 Å². The number of fused-ring (bicyclic) bond motifs is 1. The molecule has 0 aliphatic heterocycles. The predicted octanol–water partition coefficient (Wildman–Crippen LogP) is 2.28. The van der Waals surface area contributed by atoms with Crippen LogP contribution < -0.4 is 10.1 Å². The minimum Gasteiger partial charge on any atom is -0.494 e. The van der Waals surface area contributed by atoms with Gasteiger partial charge in [0.25, 0.3) is 5.91 Å². The number of hydrogen-bond donors (Lipinski definition) is 1. The number of carbonyl (C=O) groups excluding carboxylic acids is 1. The molecule has 0 atom stereocenters. The highest BCUT2D eigenvalue weighted by Gasteiger charge is 2.08. The second-order valence-corrected chi connectivity index (χ2v) is 4.59. The second kappa shape index (κ2) is 5.79. The summed E-state index contributed by atoms with van der Waals surface area (Å²) in [7, 11) is 1.48. The number of hydrogen-bond acceptors (Lipinski definition) is 5. The zero-order chi connectivity index (χ0) is 13.0. The van der Waals surface area contributed by atoms with E-state index >= 15 is 0 Å². The first kappa shape index (κ1) is 12.8. The van der Waals surface area contributed by atoms with Crippen molar-refractivity contribution in [1.82, 2.24) is 4.98 Å².